The Labute approximate surface area is 109 Å². The van der Waals surface area contributed by atoms with E-state index in [1.807, 2.05) is 30.3 Å². The molecule has 1 aromatic rings. The molecule has 3 nitrogen and oxygen atoms in total. The first-order valence-corrected chi connectivity index (χ1v) is 5.90. The molecule has 0 heterocycles. The lowest BCUT2D eigenvalue weighted by Crippen LogP contribution is -2.12. The van der Waals surface area contributed by atoms with Gasteiger partial charge in [0.05, 0.1) is 6.10 Å². The van der Waals surface area contributed by atoms with Gasteiger partial charge < -0.3 is 4.74 Å². The van der Waals surface area contributed by atoms with Gasteiger partial charge in [0, 0.05) is 4.47 Å². The lowest BCUT2D eigenvalue weighted by atomic mass is 10.1. The molecule has 0 N–H and O–H groups in total. The van der Waals surface area contributed by atoms with Crippen molar-refractivity contribution in [3.05, 3.63) is 39.9 Å². The number of esters is 1. The van der Waals surface area contributed by atoms with Crippen LogP contribution in [0.15, 0.2) is 34.3 Å². The highest BCUT2D eigenvalue weighted by atomic mass is 79.9. The van der Waals surface area contributed by atoms with E-state index in [1.165, 1.54) is 6.08 Å². The number of nitrogens with zero attached hydrogens (tertiary/aromatic N) is 1. The highest BCUT2D eigenvalue weighted by Crippen LogP contribution is 2.15. The minimum Gasteiger partial charge on any atom is -0.459 e. The molecule has 0 aliphatic heterocycles. The molecule has 1 rings (SSSR count). The molecule has 0 bridgehead atoms. The van der Waals surface area contributed by atoms with Gasteiger partial charge in [-0.05, 0) is 37.6 Å². The Morgan fingerprint density at radius 3 is 2.76 bits per heavy atom. The number of benzene rings is 1. The summed E-state index contributed by atoms with van der Waals surface area (Å²) < 4.78 is 5.85. The van der Waals surface area contributed by atoms with Crippen molar-refractivity contribution in [2.45, 2.75) is 20.0 Å². The maximum absolute atomic E-state index is 11.5. The van der Waals surface area contributed by atoms with Crippen LogP contribution in [0.3, 0.4) is 0 Å². The molecule has 0 amide bonds. The summed E-state index contributed by atoms with van der Waals surface area (Å²) in [5.74, 6) is -0.595. The van der Waals surface area contributed by atoms with Crippen molar-refractivity contribution in [3.8, 4) is 6.07 Å². The third-order valence-corrected chi connectivity index (χ3v) is 2.34. The average molecular weight is 294 g/mol. The van der Waals surface area contributed by atoms with Gasteiger partial charge in [-0.2, -0.15) is 5.26 Å². The number of hydrogen-bond acceptors (Lipinski definition) is 3. The Balaban J connectivity index is 2.95. The quantitative estimate of drug-likeness (QED) is 0.488. The number of hydrogen-bond donors (Lipinski definition) is 0. The highest BCUT2D eigenvalue weighted by molar-refractivity contribution is 9.10. The number of halogens is 1. The number of carbonyl (C=O) groups excluding carboxylic acids is 1. The average Bonchev–Trinajstić information content (AvgIpc) is 2.24. The van der Waals surface area contributed by atoms with Gasteiger partial charge in [-0.25, -0.2) is 4.79 Å². The van der Waals surface area contributed by atoms with Crippen LogP contribution >= 0.6 is 15.9 Å². The fourth-order valence-corrected chi connectivity index (χ4v) is 1.59. The molecule has 0 radical (unpaired) electrons. The Hall–Kier alpha value is -1.60. The molecule has 0 aromatic heterocycles. The summed E-state index contributed by atoms with van der Waals surface area (Å²) in [6, 6.07) is 9.18. The maximum Gasteiger partial charge on any atom is 0.349 e. The second-order valence-corrected chi connectivity index (χ2v) is 4.59. The van der Waals surface area contributed by atoms with E-state index >= 15 is 0 Å². The maximum atomic E-state index is 11.5. The lowest BCUT2D eigenvalue weighted by molar-refractivity contribution is -0.142. The predicted molar refractivity (Wildman–Crippen MR) is 69.0 cm³/mol. The van der Waals surface area contributed by atoms with Crippen molar-refractivity contribution >= 4 is 28.0 Å². The van der Waals surface area contributed by atoms with E-state index < -0.39 is 5.97 Å². The zero-order valence-corrected chi connectivity index (χ0v) is 11.2. The first kappa shape index (κ1) is 13.5. The largest absolute Gasteiger partial charge is 0.459 e. The van der Waals surface area contributed by atoms with Crippen LogP contribution in [-0.2, 0) is 9.53 Å². The molecule has 4 heteroatoms. The van der Waals surface area contributed by atoms with Crippen molar-refractivity contribution < 1.29 is 9.53 Å². The van der Waals surface area contributed by atoms with E-state index in [0.29, 0.717) is 0 Å². The second-order valence-electron chi connectivity index (χ2n) is 3.68. The molecule has 17 heavy (non-hydrogen) atoms. The number of nitriles is 1. The van der Waals surface area contributed by atoms with Crippen LogP contribution in [0.25, 0.3) is 6.08 Å². The van der Waals surface area contributed by atoms with Crippen LogP contribution in [0.2, 0.25) is 0 Å². The molecule has 88 valence electrons. The summed E-state index contributed by atoms with van der Waals surface area (Å²) in [5, 5.41) is 8.91. The molecule has 1 aromatic carbocycles. The van der Waals surface area contributed by atoms with Crippen LogP contribution in [0.5, 0.6) is 0 Å². The molecule has 0 aliphatic rings. The van der Waals surface area contributed by atoms with Crippen molar-refractivity contribution in [3.63, 3.8) is 0 Å². The van der Waals surface area contributed by atoms with E-state index in [0.717, 1.165) is 10.0 Å². The fraction of sp³-hybridized carbons (Fsp3) is 0.231. The smallest absolute Gasteiger partial charge is 0.349 e. The van der Waals surface area contributed by atoms with Crippen molar-refractivity contribution in [2.24, 2.45) is 0 Å². The van der Waals surface area contributed by atoms with Gasteiger partial charge in [0.25, 0.3) is 0 Å². The number of ether oxygens (including phenoxy) is 1. The molecule has 0 fully saturated rings. The minimum absolute atomic E-state index is 0.00296. The molecule has 0 unspecified atom stereocenters. The van der Waals surface area contributed by atoms with Crippen LogP contribution < -0.4 is 0 Å². The molecule has 0 atom stereocenters. The Bertz CT molecular complexity index is 486. The van der Waals surface area contributed by atoms with E-state index in [-0.39, 0.29) is 11.7 Å². The second kappa shape index (κ2) is 6.21. The molecule has 0 spiro atoms. The third-order valence-electron chi connectivity index (χ3n) is 1.84. The minimum atomic E-state index is -0.595. The van der Waals surface area contributed by atoms with E-state index in [2.05, 4.69) is 15.9 Å². The summed E-state index contributed by atoms with van der Waals surface area (Å²) >= 11 is 3.32. The lowest BCUT2D eigenvalue weighted by Gasteiger charge is -2.06. The molecule has 0 aliphatic carbocycles. The Kier molecular flexibility index (Phi) is 4.92. The number of rotatable bonds is 3. The molecular formula is C13H12BrNO2. The van der Waals surface area contributed by atoms with Gasteiger partial charge in [0.1, 0.15) is 11.6 Å². The normalized spacial score (nSPS) is 11.1. The van der Waals surface area contributed by atoms with Gasteiger partial charge in [-0.15, -0.1) is 0 Å². The zero-order valence-electron chi connectivity index (χ0n) is 9.61. The predicted octanol–water partition coefficient (Wildman–Crippen LogP) is 3.31. The third kappa shape index (κ3) is 4.41. The summed E-state index contributed by atoms with van der Waals surface area (Å²) in [6.07, 6.45) is 1.27. The van der Waals surface area contributed by atoms with Crippen molar-refractivity contribution in [1.29, 1.82) is 5.26 Å². The Morgan fingerprint density at radius 2 is 2.24 bits per heavy atom. The molecule has 0 saturated carbocycles. The number of carbonyl (C=O) groups is 1. The summed E-state index contributed by atoms with van der Waals surface area (Å²) in [7, 11) is 0. The van der Waals surface area contributed by atoms with E-state index in [1.54, 1.807) is 13.8 Å². The first-order valence-electron chi connectivity index (χ1n) is 5.11. The Morgan fingerprint density at radius 1 is 1.53 bits per heavy atom. The van der Waals surface area contributed by atoms with Gasteiger partial charge in [-0.1, -0.05) is 28.1 Å². The van der Waals surface area contributed by atoms with Crippen molar-refractivity contribution in [2.75, 3.05) is 0 Å². The summed E-state index contributed by atoms with van der Waals surface area (Å²) in [6.45, 7) is 3.48. The first-order chi connectivity index (χ1) is 8.02. The van der Waals surface area contributed by atoms with E-state index in [4.69, 9.17) is 10.00 Å². The standard InChI is InChI=1S/C13H12BrNO2/c1-9(2)17-13(16)11(8-15)6-10-4-3-5-12(14)7-10/h3-7,9H,1-2H3. The fourth-order valence-electron chi connectivity index (χ4n) is 1.18. The SMILES string of the molecule is CC(C)OC(=O)C(C#N)=Cc1cccc(Br)c1. The molecule has 0 saturated heterocycles. The molecular weight excluding hydrogens is 282 g/mol. The van der Waals surface area contributed by atoms with Crippen molar-refractivity contribution in [1.82, 2.24) is 0 Å². The highest BCUT2D eigenvalue weighted by Gasteiger charge is 2.12. The van der Waals surface area contributed by atoms with Crippen LogP contribution in [0.1, 0.15) is 19.4 Å². The van der Waals surface area contributed by atoms with Gasteiger partial charge >= 0.3 is 5.97 Å². The monoisotopic (exact) mass is 293 g/mol. The van der Waals surface area contributed by atoms with Crippen LogP contribution in [-0.4, -0.2) is 12.1 Å². The van der Waals surface area contributed by atoms with E-state index in [9.17, 15) is 4.79 Å². The van der Waals surface area contributed by atoms with Crippen LogP contribution in [0.4, 0.5) is 0 Å². The summed E-state index contributed by atoms with van der Waals surface area (Å²) in [4.78, 5) is 11.5. The topological polar surface area (TPSA) is 50.1 Å². The van der Waals surface area contributed by atoms with Crippen LogP contribution in [0, 0.1) is 11.3 Å². The zero-order chi connectivity index (χ0) is 12.8. The summed E-state index contributed by atoms with van der Waals surface area (Å²) in [5.41, 5.74) is 0.772. The van der Waals surface area contributed by atoms with Gasteiger partial charge in [-0.3, -0.25) is 0 Å². The van der Waals surface area contributed by atoms with Gasteiger partial charge in [0.2, 0.25) is 0 Å². The van der Waals surface area contributed by atoms with Gasteiger partial charge in [0.15, 0.2) is 0 Å².